The molecule has 0 aliphatic rings. The summed E-state index contributed by atoms with van der Waals surface area (Å²) >= 11 is 0. The van der Waals surface area contributed by atoms with E-state index in [9.17, 15) is 4.79 Å². The second-order valence-corrected chi connectivity index (χ2v) is 1.77. The summed E-state index contributed by atoms with van der Waals surface area (Å²) in [5, 5.41) is 7.00. The molecule has 1 N–H and O–H groups in total. The summed E-state index contributed by atoms with van der Waals surface area (Å²) in [7, 11) is 1.00. The molecule has 0 saturated carbocycles. The number of carbonyl (C=O) groups excluding carboxylic acids is 1. The molecule has 0 atom stereocenters. The van der Waals surface area contributed by atoms with Gasteiger partial charge < -0.3 is 16.8 Å². The Morgan fingerprint density at radius 3 is 2.25 bits per heavy atom. The van der Waals surface area contributed by atoms with Crippen molar-refractivity contribution in [1.29, 1.82) is 0 Å². The van der Waals surface area contributed by atoms with Crippen LogP contribution in [0.25, 0.3) is 0 Å². The number of rotatable bonds is 3. The van der Waals surface area contributed by atoms with Gasteiger partial charge in [-0.25, -0.2) is 4.79 Å². The van der Waals surface area contributed by atoms with Gasteiger partial charge in [0.25, 0.3) is 0 Å². The Labute approximate surface area is 92.9 Å². The van der Waals surface area contributed by atoms with Crippen LogP contribution in [-0.2, 0) is 35.7 Å². The van der Waals surface area contributed by atoms with E-state index in [-0.39, 0.29) is 32.2 Å². The monoisotopic (exact) mass is 249 g/mol. The SMILES string of the molecule is C=C(C)C(=O)OCC[CH2-].CO.[Zr]. The quantitative estimate of drug-likeness (QED) is 0.460. The van der Waals surface area contributed by atoms with Gasteiger partial charge in [0.2, 0.25) is 0 Å². The van der Waals surface area contributed by atoms with E-state index in [0.717, 1.165) is 7.11 Å². The smallest absolute Gasteiger partial charge is 0.333 e. The molecule has 0 heterocycles. The van der Waals surface area contributed by atoms with Crippen LogP contribution >= 0.6 is 0 Å². The molecule has 0 spiro atoms. The standard InChI is InChI=1S/C7H11O2.CH4O.Zr/c1-4-5-9-7(8)6(2)3;1-2;/h1-2,4-5H2,3H3;2H,1H3;/q-1;;. The van der Waals surface area contributed by atoms with Crippen molar-refractivity contribution >= 4 is 5.97 Å². The summed E-state index contributed by atoms with van der Waals surface area (Å²) < 4.78 is 4.65. The number of aliphatic hydroxyl groups is 1. The molecule has 12 heavy (non-hydrogen) atoms. The summed E-state index contributed by atoms with van der Waals surface area (Å²) in [5.41, 5.74) is 0.434. The molecule has 0 rings (SSSR count). The Kier molecular flexibility index (Phi) is 20.4. The summed E-state index contributed by atoms with van der Waals surface area (Å²) in [6, 6.07) is 0. The van der Waals surface area contributed by atoms with Crippen molar-refractivity contribution in [3.8, 4) is 0 Å². The van der Waals surface area contributed by atoms with E-state index in [1.54, 1.807) is 6.92 Å². The minimum Gasteiger partial charge on any atom is -0.465 e. The molecular formula is C8H15O3Zr-. The largest absolute Gasteiger partial charge is 0.465 e. The first-order valence-corrected chi connectivity index (χ1v) is 3.25. The van der Waals surface area contributed by atoms with E-state index in [1.807, 2.05) is 0 Å². The maximum absolute atomic E-state index is 10.6. The molecule has 70 valence electrons. The topological polar surface area (TPSA) is 46.5 Å². The fourth-order valence-corrected chi connectivity index (χ4v) is 0.288. The van der Waals surface area contributed by atoms with E-state index in [1.165, 1.54) is 0 Å². The van der Waals surface area contributed by atoms with Crippen molar-refractivity contribution in [2.24, 2.45) is 0 Å². The summed E-state index contributed by atoms with van der Waals surface area (Å²) in [6.07, 6.45) is 0.610. The predicted molar refractivity (Wildman–Crippen MR) is 43.9 cm³/mol. The van der Waals surface area contributed by atoms with Gasteiger partial charge in [0.15, 0.2) is 0 Å². The fraction of sp³-hybridized carbons (Fsp3) is 0.500. The first-order valence-electron chi connectivity index (χ1n) is 3.25. The molecule has 0 aliphatic heterocycles. The van der Waals surface area contributed by atoms with Gasteiger partial charge in [0, 0.05) is 38.9 Å². The molecular weight excluding hydrogens is 235 g/mol. The molecule has 0 aromatic rings. The molecule has 3 nitrogen and oxygen atoms in total. The fourth-order valence-electron chi connectivity index (χ4n) is 0.288. The van der Waals surface area contributed by atoms with E-state index < -0.39 is 0 Å². The molecule has 0 aromatic heterocycles. The molecule has 0 amide bonds. The third-order valence-corrected chi connectivity index (χ3v) is 0.726. The van der Waals surface area contributed by atoms with Crippen molar-refractivity contribution in [2.45, 2.75) is 13.3 Å². The zero-order valence-corrected chi connectivity index (χ0v) is 10.1. The number of hydrogen-bond acceptors (Lipinski definition) is 3. The molecule has 4 heteroatoms. The van der Waals surface area contributed by atoms with Crippen LogP contribution in [0.15, 0.2) is 12.2 Å². The van der Waals surface area contributed by atoms with Gasteiger partial charge in [0.1, 0.15) is 0 Å². The second-order valence-electron chi connectivity index (χ2n) is 1.77. The Hall–Kier alpha value is 0.0531. The van der Waals surface area contributed by atoms with Gasteiger partial charge >= 0.3 is 5.97 Å². The zero-order chi connectivity index (χ0) is 9.28. The van der Waals surface area contributed by atoms with E-state index in [0.29, 0.717) is 18.6 Å². The van der Waals surface area contributed by atoms with E-state index in [2.05, 4.69) is 18.2 Å². The predicted octanol–water partition coefficient (Wildman–Crippen LogP) is 0.936. The molecule has 0 saturated heterocycles. The first kappa shape index (κ1) is 18.0. The van der Waals surface area contributed by atoms with Crippen LogP contribution in [0.5, 0.6) is 0 Å². The molecule has 0 unspecified atom stereocenters. The Morgan fingerprint density at radius 2 is 2.00 bits per heavy atom. The average Bonchev–Trinajstić information content (AvgIpc) is 2.03. The third kappa shape index (κ3) is 12.7. The number of aliphatic hydroxyl groups excluding tert-OH is 1. The van der Waals surface area contributed by atoms with Gasteiger partial charge in [-0.2, -0.15) is 0 Å². The number of hydrogen-bond donors (Lipinski definition) is 1. The molecule has 0 bridgehead atoms. The van der Waals surface area contributed by atoms with Crippen LogP contribution < -0.4 is 0 Å². The van der Waals surface area contributed by atoms with Crippen molar-refractivity contribution in [2.75, 3.05) is 13.7 Å². The summed E-state index contributed by atoms with van der Waals surface area (Å²) in [6.45, 7) is 8.92. The van der Waals surface area contributed by atoms with Crippen LogP contribution in [0.1, 0.15) is 13.3 Å². The normalized spacial score (nSPS) is 7.00. The molecule has 0 fully saturated rings. The maximum atomic E-state index is 10.6. The maximum Gasteiger partial charge on any atom is 0.333 e. The van der Waals surface area contributed by atoms with Gasteiger partial charge in [-0.05, 0) is 6.92 Å². The van der Waals surface area contributed by atoms with E-state index >= 15 is 0 Å². The van der Waals surface area contributed by atoms with Crippen LogP contribution in [-0.4, -0.2) is 24.8 Å². The number of ether oxygens (including phenoxy) is 1. The van der Waals surface area contributed by atoms with Crippen molar-refractivity contribution in [3.05, 3.63) is 19.1 Å². The van der Waals surface area contributed by atoms with Crippen LogP contribution in [0.2, 0.25) is 0 Å². The van der Waals surface area contributed by atoms with Gasteiger partial charge in [-0.15, -0.1) is 6.42 Å². The summed E-state index contributed by atoms with van der Waals surface area (Å²) in [5.74, 6) is -0.335. The molecule has 0 aromatic carbocycles. The minimum absolute atomic E-state index is 0. The van der Waals surface area contributed by atoms with Crippen LogP contribution in [0.4, 0.5) is 0 Å². The van der Waals surface area contributed by atoms with Gasteiger partial charge in [-0.3, -0.25) is 0 Å². The molecule has 0 radical (unpaired) electrons. The van der Waals surface area contributed by atoms with Gasteiger partial charge in [0.05, 0.1) is 6.61 Å². The average molecular weight is 250 g/mol. The van der Waals surface area contributed by atoms with E-state index in [4.69, 9.17) is 5.11 Å². The van der Waals surface area contributed by atoms with Crippen LogP contribution in [0.3, 0.4) is 0 Å². The molecule has 0 aliphatic carbocycles. The summed E-state index contributed by atoms with van der Waals surface area (Å²) in [4.78, 5) is 10.6. The second kappa shape index (κ2) is 13.6. The first-order chi connectivity index (χ1) is 5.18. The Balaban J connectivity index is -0.000000249. The van der Waals surface area contributed by atoms with Gasteiger partial charge in [-0.1, -0.05) is 6.58 Å². The third-order valence-electron chi connectivity index (χ3n) is 0.726. The van der Waals surface area contributed by atoms with Crippen molar-refractivity contribution in [3.63, 3.8) is 0 Å². The van der Waals surface area contributed by atoms with Crippen molar-refractivity contribution < 1.29 is 40.8 Å². The number of esters is 1. The zero-order valence-electron chi connectivity index (χ0n) is 7.59. The number of carbonyl (C=O) groups is 1. The van der Waals surface area contributed by atoms with Crippen LogP contribution in [0, 0.1) is 6.92 Å². The Bertz CT molecular complexity index is 123. The van der Waals surface area contributed by atoms with Crippen molar-refractivity contribution in [1.82, 2.24) is 0 Å². The minimum atomic E-state index is -0.335. The Morgan fingerprint density at radius 1 is 1.58 bits per heavy atom.